The molecule has 2 aromatic carbocycles. The van der Waals surface area contributed by atoms with Gasteiger partial charge in [0.15, 0.2) is 0 Å². The molecule has 0 saturated carbocycles. The third-order valence-electron chi connectivity index (χ3n) is 3.94. The molecule has 0 fully saturated rings. The second-order valence-corrected chi connectivity index (χ2v) is 5.99. The molecule has 0 aromatic heterocycles. The van der Waals surface area contributed by atoms with Gasteiger partial charge in [0.2, 0.25) is 0 Å². The smallest absolute Gasteiger partial charge is 0.122 e. The number of nitrogens with one attached hydrogen (secondary N) is 1. The molecule has 0 radical (unpaired) electrons. The van der Waals surface area contributed by atoms with Gasteiger partial charge in [-0.15, -0.1) is 0 Å². The second kappa shape index (κ2) is 9.69. The van der Waals surface area contributed by atoms with Crippen LogP contribution in [-0.2, 0) is 12.8 Å². The van der Waals surface area contributed by atoms with Crippen molar-refractivity contribution in [3.05, 3.63) is 59.7 Å². The summed E-state index contributed by atoms with van der Waals surface area (Å²) < 4.78 is 11.1. The molecule has 2 N–H and O–H groups in total. The van der Waals surface area contributed by atoms with Gasteiger partial charge >= 0.3 is 0 Å². The standard InChI is InChI=1S/C20H26N2O3/c1-22(15-21)13-18(23)14-25-20-9-4-3-7-17(20)11-10-16-6-5-8-19(12-16)24-2/h3-9,12,15,18,21,23H,10-11,13-14H2,1-2H3. The first-order valence-corrected chi connectivity index (χ1v) is 8.35. The van der Waals surface area contributed by atoms with E-state index in [2.05, 4.69) is 6.07 Å². The third-order valence-corrected chi connectivity index (χ3v) is 3.94. The minimum Gasteiger partial charge on any atom is -0.497 e. The maximum atomic E-state index is 9.98. The number of hydrogen-bond acceptors (Lipinski definition) is 4. The highest BCUT2D eigenvalue weighted by Crippen LogP contribution is 2.21. The summed E-state index contributed by atoms with van der Waals surface area (Å²) in [5, 5.41) is 17.1. The van der Waals surface area contributed by atoms with Gasteiger partial charge in [0, 0.05) is 13.6 Å². The van der Waals surface area contributed by atoms with Gasteiger partial charge in [0.05, 0.1) is 13.4 Å². The highest BCUT2D eigenvalue weighted by Gasteiger charge is 2.10. The molecular formula is C20H26N2O3. The number of aliphatic hydroxyl groups excluding tert-OH is 1. The van der Waals surface area contributed by atoms with Crippen LogP contribution in [0, 0.1) is 5.41 Å². The predicted octanol–water partition coefficient (Wildman–Crippen LogP) is 2.76. The molecular weight excluding hydrogens is 316 g/mol. The monoisotopic (exact) mass is 342 g/mol. The van der Waals surface area contributed by atoms with Gasteiger partial charge in [0.1, 0.15) is 24.2 Å². The first kappa shape index (κ1) is 18.8. The first-order chi connectivity index (χ1) is 12.1. The van der Waals surface area contributed by atoms with Crippen molar-refractivity contribution in [1.82, 2.24) is 4.90 Å². The van der Waals surface area contributed by atoms with Gasteiger partial charge in [-0.1, -0.05) is 30.3 Å². The lowest BCUT2D eigenvalue weighted by atomic mass is 10.0. The number of likely N-dealkylation sites (N-methyl/N-ethyl adjacent to an activating group) is 1. The van der Waals surface area contributed by atoms with Gasteiger partial charge < -0.3 is 19.5 Å². The molecule has 134 valence electrons. The fraction of sp³-hybridized carbons (Fsp3) is 0.350. The summed E-state index contributed by atoms with van der Waals surface area (Å²) in [6, 6.07) is 16.0. The van der Waals surface area contributed by atoms with Crippen LogP contribution in [0.4, 0.5) is 0 Å². The zero-order chi connectivity index (χ0) is 18.1. The van der Waals surface area contributed by atoms with Crippen LogP contribution in [-0.4, -0.2) is 49.8 Å². The van der Waals surface area contributed by atoms with Crippen LogP contribution in [0.3, 0.4) is 0 Å². The summed E-state index contributed by atoms with van der Waals surface area (Å²) in [6.07, 6.45) is 2.28. The molecule has 5 heteroatoms. The summed E-state index contributed by atoms with van der Waals surface area (Å²) in [4.78, 5) is 1.61. The van der Waals surface area contributed by atoms with E-state index in [0.717, 1.165) is 29.9 Å². The molecule has 0 aliphatic heterocycles. The van der Waals surface area contributed by atoms with Crippen molar-refractivity contribution in [1.29, 1.82) is 5.41 Å². The number of hydrogen-bond donors (Lipinski definition) is 2. The Balaban J connectivity index is 1.94. The zero-order valence-corrected chi connectivity index (χ0v) is 14.8. The quantitative estimate of drug-likeness (QED) is 0.515. The molecule has 0 aliphatic rings. The molecule has 0 amide bonds. The Bertz CT molecular complexity index is 675. The SMILES string of the molecule is COc1cccc(CCc2ccccc2OCC(O)CN(C)C=N)c1. The maximum absolute atomic E-state index is 9.98. The van der Waals surface area contributed by atoms with E-state index in [1.165, 1.54) is 11.9 Å². The zero-order valence-electron chi connectivity index (χ0n) is 14.8. The van der Waals surface area contributed by atoms with Crippen LogP contribution < -0.4 is 9.47 Å². The molecule has 25 heavy (non-hydrogen) atoms. The molecule has 0 spiro atoms. The topological polar surface area (TPSA) is 65.8 Å². The van der Waals surface area contributed by atoms with E-state index in [1.807, 2.05) is 42.5 Å². The number of methoxy groups -OCH3 is 1. The number of nitrogens with zero attached hydrogens (tertiary/aromatic N) is 1. The molecule has 0 bridgehead atoms. The Morgan fingerprint density at radius 1 is 1.16 bits per heavy atom. The van der Waals surface area contributed by atoms with Crippen molar-refractivity contribution in [3.63, 3.8) is 0 Å². The van der Waals surface area contributed by atoms with Crippen LogP contribution in [0.2, 0.25) is 0 Å². The fourth-order valence-corrected chi connectivity index (χ4v) is 2.58. The largest absolute Gasteiger partial charge is 0.497 e. The van der Waals surface area contributed by atoms with Crippen molar-refractivity contribution < 1.29 is 14.6 Å². The van der Waals surface area contributed by atoms with Gasteiger partial charge in [0.25, 0.3) is 0 Å². The van der Waals surface area contributed by atoms with E-state index in [0.29, 0.717) is 6.54 Å². The van der Waals surface area contributed by atoms with Crippen LogP contribution in [0.1, 0.15) is 11.1 Å². The van der Waals surface area contributed by atoms with E-state index >= 15 is 0 Å². The summed E-state index contributed by atoms with van der Waals surface area (Å²) in [5.41, 5.74) is 2.32. The Labute approximate surface area is 149 Å². The summed E-state index contributed by atoms with van der Waals surface area (Å²) >= 11 is 0. The van der Waals surface area contributed by atoms with Crippen molar-refractivity contribution in [3.8, 4) is 11.5 Å². The van der Waals surface area contributed by atoms with Crippen molar-refractivity contribution in [2.75, 3.05) is 27.3 Å². The molecule has 2 aromatic rings. The second-order valence-electron chi connectivity index (χ2n) is 5.99. The fourth-order valence-electron chi connectivity index (χ4n) is 2.58. The Hall–Kier alpha value is -2.53. The third kappa shape index (κ3) is 6.12. The number of ether oxygens (including phenoxy) is 2. The number of aryl methyl sites for hydroxylation is 2. The van der Waals surface area contributed by atoms with Crippen molar-refractivity contribution >= 4 is 6.34 Å². The predicted molar refractivity (Wildman–Crippen MR) is 99.8 cm³/mol. The van der Waals surface area contributed by atoms with E-state index in [9.17, 15) is 5.11 Å². The van der Waals surface area contributed by atoms with E-state index in [1.54, 1.807) is 19.1 Å². The van der Waals surface area contributed by atoms with E-state index < -0.39 is 6.10 Å². The molecule has 1 unspecified atom stereocenters. The summed E-state index contributed by atoms with van der Waals surface area (Å²) in [7, 11) is 3.42. The molecule has 2 rings (SSSR count). The van der Waals surface area contributed by atoms with Crippen LogP contribution in [0.15, 0.2) is 48.5 Å². The number of para-hydroxylation sites is 1. The number of benzene rings is 2. The normalized spacial score (nSPS) is 11.6. The van der Waals surface area contributed by atoms with Gasteiger partial charge in [-0.05, 0) is 42.2 Å². The Morgan fingerprint density at radius 2 is 1.96 bits per heavy atom. The average Bonchev–Trinajstić information content (AvgIpc) is 2.65. The lowest BCUT2D eigenvalue weighted by molar-refractivity contribution is 0.0918. The van der Waals surface area contributed by atoms with E-state index in [4.69, 9.17) is 14.9 Å². The average molecular weight is 342 g/mol. The minimum absolute atomic E-state index is 0.203. The van der Waals surface area contributed by atoms with Crippen LogP contribution in [0.25, 0.3) is 0 Å². The molecule has 0 heterocycles. The lowest BCUT2D eigenvalue weighted by Crippen LogP contribution is -2.32. The van der Waals surface area contributed by atoms with E-state index in [-0.39, 0.29) is 6.61 Å². The van der Waals surface area contributed by atoms with Crippen LogP contribution in [0.5, 0.6) is 11.5 Å². The molecule has 0 aliphatic carbocycles. The summed E-state index contributed by atoms with van der Waals surface area (Å²) in [5.74, 6) is 1.66. The highest BCUT2D eigenvalue weighted by atomic mass is 16.5. The highest BCUT2D eigenvalue weighted by molar-refractivity contribution is 5.49. The molecule has 5 nitrogen and oxygen atoms in total. The first-order valence-electron chi connectivity index (χ1n) is 8.35. The Morgan fingerprint density at radius 3 is 2.72 bits per heavy atom. The van der Waals surface area contributed by atoms with Gasteiger partial charge in [-0.2, -0.15) is 0 Å². The van der Waals surface area contributed by atoms with Gasteiger partial charge in [-0.3, -0.25) is 5.41 Å². The number of aliphatic hydroxyl groups is 1. The van der Waals surface area contributed by atoms with Crippen LogP contribution >= 0.6 is 0 Å². The van der Waals surface area contributed by atoms with Gasteiger partial charge in [-0.25, -0.2) is 0 Å². The Kier molecular flexibility index (Phi) is 7.29. The minimum atomic E-state index is -0.641. The lowest BCUT2D eigenvalue weighted by Gasteiger charge is -2.19. The molecule has 1 atom stereocenters. The van der Waals surface area contributed by atoms with Crippen molar-refractivity contribution in [2.45, 2.75) is 18.9 Å². The molecule has 0 saturated heterocycles. The van der Waals surface area contributed by atoms with Crippen molar-refractivity contribution in [2.24, 2.45) is 0 Å². The summed E-state index contributed by atoms with van der Waals surface area (Å²) in [6.45, 7) is 0.573. The maximum Gasteiger partial charge on any atom is 0.122 e. The number of rotatable bonds is 10.